The van der Waals surface area contributed by atoms with Gasteiger partial charge in [0, 0.05) is 12.1 Å². The molecular weight excluding hydrogens is 289 g/mol. The van der Waals surface area contributed by atoms with Crippen molar-refractivity contribution in [3.05, 3.63) is 65.0 Å². The van der Waals surface area contributed by atoms with Crippen molar-refractivity contribution < 1.29 is 9.18 Å². The van der Waals surface area contributed by atoms with Gasteiger partial charge >= 0.3 is 0 Å². The van der Waals surface area contributed by atoms with Gasteiger partial charge in [-0.05, 0) is 41.7 Å². The SMILES string of the molecule is O=C1CCc2cc(C(Cl)Cc3ccccc3F)ccc2N1. The maximum absolute atomic E-state index is 13.7. The number of amides is 1. The van der Waals surface area contributed by atoms with Crippen LogP contribution in [-0.2, 0) is 17.6 Å². The highest BCUT2D eigenvalue weighted by Crippen LogP contribution is 2.31. The molecule has 0 fully saturated rings. The van der Waals surface area contributed by atoms with E-state index < -0.39 is 0 Å². The first kappa shape index (κ1) is 14.1. The standard InChI is InChI=1S/C17H15ClFNO/c18-14(10-12-3-1-2-4-15(12)19)11-5-7-16-13(9-11)6-8-17(21)20-16/h1-5,7,9,14H,6,8,10H2,(H,20,21). The van der Waals surface area contributed by atoms with Gasteiger partial charge in [0.2, 0.25) is 5.91 Å². The lowest BCUT2D eigenvalue weighted by atomic mass is 9.97. The van der Waals surface area contributed by atoms with Crippen LogP contribution in [0, 0.1) is 5.82 Å². The van der Waals surface area contributed by atoms with E-state index in [0.717, 1.165) is 23.2 Å². The molecule has 0 aliphatic carbocycles. The molecule has 0 bridgehead atoms. The molecule has 1 atom stereocenters. The van der Waals surface area contributed by atoms with Gasteiger partial charge in [0.05, 0.1) is 5.38 Å². The summed E-state index contributed by atoms with van der Waals surface area (Å²) < 4.78 is 13.7. The van der Waals surface area contributed by atoms with Gasteiger partial charge in [0.15, 0.2) is 0 Å². The molecule has 1 aliphatic rings. The van der Waals surface area contributed by atoms with Crippen LogP contribution in [0.25, 0.3) is 0 Å². The lowest BCUT2D eigenvalue weighted by Gasteiger charge is -2.19. The predicted octanol–water partition coefficient (Wildman–Crippen LogP) is 4.23. The van der Waals surface area contributed by atoms with Crippen LogP contribution in [0.15, 0.2) is 42.5 Å². The molecule has 0 saturated carbocycles. The van der Waals surface area contributed by atoms with E-state index in [1.165, 1.54) is 6.07 Å². The Morgan fingerprint density at radius 1 is 1.19 bits per heavy atom. The molecule has 3 rings (SSSR count). The molecule has 21 heavy (non-hydrogen) atoms. The van der Waals surface area contributed by atoms with Crippen LogP contribution in [0.4, 0.5) is 10.1 Å². The fraction of sp³-hybridized carbons (Fsp3) is 0.235. The molecular formula is C17H15ClFNO. The Balaban J connectivity index is 1.81. The molecule has 0 radical (unpaired) electrons. The summed E-state index contributed by atoms with van der Waals surface area (Å²) in [5.74, 6) is -0.183. The maximum Gasteiger partial charge on any atom is 0.224 e. The van der Waals surface area contributed by atoms with Gasteiger partial charge in [0.25, 0.3) is 0 Å². The number of nitrogens with one attached hydrogen (secondary N) is 1. The van der Waals surface area contributed by atoms with Crippen molar-refractivity contribution in [1.29, 1.82) is 0 Å². The second kappa shape index (κ2) is 5.86. The summed E-state index contributed by atoms with van der Waals surface area (Å²) in [7, 11) is 0. The average Bonchev–Trinajstić information content (AvgIpc) is 2.49. The molecule has 4 heteroatoms. The number of fused-ring (bicyclic) bond motifs is 1. The second-order valence-corrected chi connectivity index (χ2v) is 5.75. The van der Waals surface area contributed by atoms with E-state index in [0.29, 0.717) is 18.4 Å². The molecule has 1 unspecified atom stereocenters. The summed E-state index contributed by atoms with van der Waals surface area (Å²) >= 11 is 6.43. The lowest BCUT2D eigenvalue weighted by molar-refractivity contribution is -0.116. The van der Waals surface area contributed by atoms with Crippen molar-refractivity contribution >= 4 is 23.2 Å². The van der Waals surface area contributed by atoms with E-state index in [9.17, 15) is 9.18 Å². The molecule has 1 amide bonds. The largest absolute Gasteiger partial charge is 0.326 e. The van der Waals surface area contributed by atoms with E-state index in [2.05, 4.69) is 5.32 Å². The zero-order valence-electron chi connectivity index (χ0n) is 11.4. The average molecular weight is 304 g/mol. The number of benzene rings is 2. The van der Waals surface area contributed by atoms with Gasteiger partial charge in [-0.1, -0.05) is 30.3 Å². The number of hydrogen-bond acceptors (Lipinski definition) is 1. The number of anilines is 1. The maximum atomic E-state index is 13.7. The first-order chi connectivity index (χ1) is 10.1. The number of carbonyl (C=O) groups is 1. The van der Waals surface area contributed by atoms with Crippen molar-refractivity contribution in [2.75, 3.05) is 5.32 Å². The van der Waals surface area contributed by atoms with Crippen molar-refractivity contribution in [3.63, 3.8) is 0 Å². The summed E-state index contributed by atoms with van der Waals surface area (Å²) in [5, 5.41) is 2.56. The van der Waals surface area contributed by atoms with E-state index >= 15 is 0 Å². The quantitative estimate of drug-likeness (QED) is 0.845. The molecule has 0 aromatic heterocycles. The molecule has 1 aliphatic heterocycles. The summed E-state index contributed by atoms with van der Waals surface area (Å²) in [5.41, 5.74) is 3.51. The minimum atomic E-state index is -0.287. The summed E-state index contributed by atoms with van der Waals surface area (Å²) in [6.45, 7) is 0. The summed E-state index contributed by atoms with van der Waals surface area (Å²) in [4.78, 5) is 11.3. The number of alkyl halides is 1. The third kappa shape index (κ3) is 3.08. The Hall–Kier alpha value is -1.87. The highest BCUT2D eigenvalue weighted by molar-refractivity contribution is 6.21. The van der Waals surface area contributed by atoms with Crippen LogP contribution in [0.2, 0.25) is 0 Å². The van der Waals surface area contributed by atoms with Crippen molar-refractivity contribution in [1.82, 2.24) is 0 Å². The van der Waals surface area contributed by atoms with Crippen molar-refractivity contribution in [3.8, 4) is 0 Å². The molecule has 2 aromatic rings. The number of hydrogen-bond donors (Lipinski definition) is 1. The molecule has 1 heterocycles. The zero-order chi connectivity index (χ0) is 14.8. The first-order valence-corrected chi connectivity index (χ1v) is 7.37. The molecule has 0 spiro atoms. The molecule has 0 saturated heterocycles. The van der Waals surface area contributed by atoms with Gasteiger partial charge in [-0.25, -0.2) is 4.39 Å². The predicted molar refractivity (Wildman–Crippen MR) is 82.1 cm³/mol. The van der Waals surface area contributed by atoms with E-state index in [1.807, 2.05) is 24.3 Å². The Kier molecular flexibility index (Phi) is 3.93. The molecule has 108 valence electrons. The Morgan fingerprint density at radius 2 is 2.00 bits per heavy atom. The van der Waals surface area contributed by atoms with Gasteiger partial charge < -0.3 is 5.32 Å². The number of aryl methyl sites for hydroxylation is 1. The van der Waals surface area contributed by atoms with Gasteiger partial charge in [-0.15, -0.1) is 11.6 Å². The van der Waals surface area contributed by atoms with Crippen LogP contribution >= 0.6 is 11.6 Å². The Morgan fingerprint density at radius 3 is 2.81 bits per heavy atom. The van der Waals surface area contributed by atoms with Gasteiger partial charge in [0.1, 0.15) is 5.82 Å². The van der Waals surface area contributed by atoms with E-state index in [4.69, 9.17) is 11.6 Å². The fourth-order valence-electron chi connectivity index (χ4n) is 2.57. The normalized spacial score (nSPS) is 15.2. The van der Waals surface area contributed by atoms with Crippen LogP contribution in [0.3, 0.4) is 0 Å². The van der Waals surface area contributed by atoms with Gasteiger partial charge in [-0.2, -0.15) is 0 Å². The van der Waals surface area contributed by atoms with E-state index in [-0.39, 0.29) is 17.1 Å². The lowest BCUT2D eigenvalue weighted by Crippen LogP contribution is -2.19. The topological polar surface area (TPSA) is 29.1 Å². The highest BCUT2D eigenvalue weighted by atomic mass is 35.5. The smallest absolute Gasteiger partial charge is 0.224 e. The minimum Gasteiger partial charge on any atom is -0.326 e. The van der Waals surface area contributed by atoms with Crippen LogP contribution in [-0.4, -0.2) is 5.91 Å². The third-order valence-electron chi connectivity index (χ3n) is 3.74. The van der Waals surface area contributed by atoms with Crippen LogP contribution < -0.4 is 5.32 Å². The summed E-state index contributed by atoms with van der Waals surface area (Å²) in [6, 6.07) is 12.5. The van der Waals surface area contributed by atoms with E-state index in [1.54, 1.807) is 12.1 Å². The summed E-state index contributed by atoms with van der Waals surface area (Å²) in [6.07, 6.45) is 1.66. The number of rotatable bonds is 3. The fourth-order valence-corrected chi connectivity index (χ4v) is 2.88. The molecule has 1 N–H and O–H groups in total. The van der Waals surface area contributed by atoms with Crippen molar-refractivity contribution in [2.45, 2.75) is 24.6 Å². The van der Waals surface area contributed by atoms with Crippen LogP contribution in [0.5, 0.6) is 0 Å². The molecule has 2 nitrogen and oxygen atoms in total. The monoisotopic (exact) mass is 303 g/mol. The van der Waals surface area contributed by atoms with Crippen molar-refractivity contribution in [2.24, 2.45) is 0 Å². The number of halogens is 2. The second-order valence-electron chi connectivity index (χ2n) is 5.23. The zero-order valence-corrected chi connectivity index (χ0v) is 12.2. The Bertz CT molecular complexity index is 686. The Labute approximate surface area is 127 Å². The first-order valence-electron chi connectivity index (χ1n) is 6.93. The van der Waals surface area contributed by atoms with Crippen LogP contribution in [0.1, 0.15) is 28.5 Å². The van der Waals surface area contributed by atoms with Gasteiger partial charge in [-0.3, -0.25) is 4.79 Å². The third-order valence-corrected chi connectivity index (χ3v) is 4.15. The minimum absolute atomic E-state index is 0.0454. The molecule has 2 aromatic carbocycles. The number of carbonyl (C=O) groups excluding carboxylic acids is 1. The highest BCUT2D eigenvalue weighted by Gasteiger charge is 2.17.